The van der Waals surface area contributed by atoms with Crippen LogP contribution in [0.25, 0.3) is 50.5 Å². The number of aromatic nitrogens is 3. The van der Waals surface area contributed by atoms with Gasteiger partial charge in [0.05, 0.1) is 22.3 Å². The van der Waals surface area contributed by atoms with Gasteiger partial charge in [0, 0.05) is 28.4 Å². The zero-order valence-corrected chi connectivity index (χ0v) is 28.3. The third-order valence-electron chi connectivity index (χ3n) is 10.4. The van der Waals surface area contributed by atoms with Crippen molar-refractivity contribution in [2.24, 2.45) is 0 Å². The Labute approximate surface area is 278 Å². The van der Waals surface area contributed by atoms with Crippen LogP contribution in [0.2, 0.25) is 0 Å². The van der Waals surface area contributed by atoms with E-state index in [1.54, 1.807) is 6.07 Å². The number of benzene rings is 4. The van der Waals surface area contributed by atoms with E-state index < -0.39 is 0 Å². The van der Waals surface area contributed by atoms with Crippen molar-refractivity contribution in [1.29, 1.82) is 0 Å². The smallest absolute Gasteiger partial charge is 0.149 e. The van der Waals surface area contributed by atoms with Crippen LogP contribution in [0, 0.1) is 0 Å². The lowest BCUT2D eigenvalue weighted by molar-refractivity contribution is 0.477. The Hall–Kier alpha value is -4.70. The van der Waals surface area contributed by atoms with Crippen molar-refractivity contribution in [2.45, 2.75) is 83.5 Å². The van der Waals surface area contributed by atoms with Gasteiger partial charge in [0.1, 0.15) is 11.6 Å². The van der Waals surface area contributed by atoms with E-state index in [1.807, 2.05) is 18.2 Å². The van der Waals surface area contributed by atoms with E-state index in [0.717, 1.165) is 44.9 Å². The predicted octanol–water partition coefficient (Wildman–Crippen LogP) is 11.1. The molecule has 0 aliphatic heterocycles. The van der Waals surface area contributed by atoms with E-state index >= 15 is 0 Å². The fourth-order valence-electron chi connectivity index (χ4n) is 7.72. The van der Waals surface area contributed by atoms with Gasteiger partial charge in [-0.25, -0.2) is 4.98 Å². The van der Waals surface area contributed by atoms with Gasteiger partial charge in [-0.1, -0.05) is 96.1 Å². The molecule has 1 saturated carbocycles. The number of para-hydroxylation sites is 2. The normalized spacial score (nSPS) is 17.4. The molecule has 2 unspecified atom stereocenters. The van der Waals surface area contributed by atoms with Gasteiger partial charge >= 0.3 is 0 Å². The third kappa shape index (κ3) is 5.06. The zero-order chi connectivity index (χ0) is 32.7. The van der Waals surface area contributed by atoms with E-state index in [-0.39, 0.29) is 16.6 Å². The second kappa shape index (κ2) is 10.7. The summed E-state index contributed by atoms with van der Waals surface area (Å²) in [6.45, 7) is 13.6. The molecule has 0 spiro atoms. The van der Waals surface area contributed by atoms with Crippen LogP contribution in [-0.2, 0) is 10.8 Å². The monoisotopic (exact) mass is 617 g/mol. The molecule has 2 aromatic heterocycles. The first-order chi connectivity index (χ1) is 22.5. The van der Waals surface area contributed by atoms with Crippen LogP contribution >= 0.6 is 0 Å². The lowest BCUT2D eigenvalue weighted by atomic mass is 9.80. The van der Waals surface area contributed by atoms with Crippen molar-refractivity contribution in [3.63, 3.8) is 0 Å². The molecule has 4 nitrogen and oxygen atoms in total. The van der Waals surface area contributed by atoms with Gasteiger partial charge < -0.3 is 5.11 Å². The molecule has 4 heteroatoms. The average molecular weight is 618 g/mol. The fraction of sp³-hybridized carbons (Fsp3) is 0.302. The second-order valence-electron chi connectivity index (χ2n) is 15.7. The molecule has 4 aromatic carbocycles. The highest BCUT2D eigenvalue weighted by Crippen LogP contribution is 2.52. The minimum atomic E-state index is -0.0435. The summed E-state index contributed by atoms with van der Waals surface area (Å²) in [6.07, 6.45) is 3.85. The molecule has 2 heterocycles. The van der Waals surface area contributed by atoms with Gasteiger partial charge in [-0.05, 0) is 101 Å². The maximum absolute atomic E-state index is 11.1. The van der Waals surface area contributed by atoms with Crippen molar-refractivity contribution in [2.75, 3.05) is 0 Å². The molecule has 0 amide bonds. The fourth-order valence-corrected chi connectivity index (χ4v) is 7.72. The van der Waals surface area contributed by atoms with Gasteiger partial charge in [-0.3, -0.25) is 9.55 Å². The van der Waals surface area contributed by atoms with Gasteiger partial charge in [0.2, 0.25) is 0 Å². The Morgan fingerprint density at radius 1 is 0.660 bits per heavy atom. The minimum Gasteiger partial charge on any atom is -0.507 e. The Morgan fingerprint density at radius 2 is 1.34 bits per heavy atom. The first kappa shape index (κ1) is 29.7. The number of hydrogen-bond donors (Lipinski definition) is 1. The molecule has 236 valence electrons. The molecule has 8 rings (SSSR count). The molecule has 2 bridgehead atoms. The lowest BCUT2D eigenvalue weighted by Gasteiger charge is -2.27. The average Bonchev–Trinajstić information content (AvgIpc) is 3.78. The van der Waals surface area contributed by atoms with Crippen molar-refractivity contribution in [3.8, 4) is 45.2 Å². The largest absolute Gasteiger partial charge is 0.507 e. The standard InChI is InChI=1S/C43H43N3O/c1-42(2,3)30-23-31(43(4,5)6)25-32(24-30)46-37-15-10-14-33(40(37)45-41(46)35-13-7-8-16-38(35)47)26-11-9-12-28(21-26)36-20-19-34-27-17-18-29(22-27)39(34)44-36/h7-16,19-21,23-25,27,29,47H,17-18,22H2,1-6H3. The highest BCUT2D eigenvalue weighted by atomic mass is 16.3. The van der Waals surface area contributed by atoms with E-state index in [9.17, 15) is 5.11 Å². The number of rotatable bonds is 4. The van der Waals surface area contributed by atoms with Crippen molar-refractivity contribution >= 4 is 11.0 Å². The topological polar surface area (TPSA) is 50.9 Å². The van der Waals surface area contributed by atoms with Crippen LogP contribution < -0.4 is 0 Å². The Morgan fingerprint density at radius 3 is 2.09 bits per heavy atom. The lowest BCUT2D eigenvalue weighted by Crippen LogP contribution is -2.17. The van der Waals surface area contributed by atoms with Crippen molar-refractivity contribution < 1.29 is 5.11 Å². The van der Waals surface area contributed by atoms with Crippen LogP contribution in [0.1, 0.15) is 95.0 Å². The summed E-state index contributed by atoms with van der Waals surface area (Å²) in [5.41, 5.74) is 13.2. The van der Waals surface area contributed by atoms with Crippen LogP contribution in [0.5, 0.6) is 5.75 Å². The number of fused-ring (bicyclic) bond motifs is 6. The summed E-state index contributed by atoms with van der Waals surface area (Å²) in [5, 5.41) is 11.1. The first-order valence-electron chi connectivity index (χ1n) is 17.0. The number of phenolic OH excluding ortho intramolecular Hbond substituents is 1. The third-order valence-corrected chi connectivity index (χ3v) is 10.4. The molecule has 1 fully saturated rings. The highest BCUT2D eigenvalue weighted by Gasteiger charge is 2.38. The van der Waals surface area contributed by atoms with Crippen LogP contribution in [-0.4, -0.2) is 19.6 Å². The first-order valence-corrected chi connectivity index (χ1v) is 17.0. The summed E-state index contributed by atoms with van der Waals surface area (Å²) in [4.78, 5) is 10.6. The highest BCUT2D eigenvalue weighted by molar-refractivity contribution is 5.96. The summed E-state index contributed by atoms with van der Waals surface area (Å²) < 4.78 is 2.24. The SMILES string of the molecule is CC(C)(C)c1cc(-n2c(-c3ccccc3O)nc3c(-c4cccc(-c5ccc6c(n5)C5CCC6C5)c4)cccc32)cc(C(C)(C)C)c1. The predicted molar refractivity (Wildman–Crippen MR) is 194 cm³/mol. The van der Waals surface area contributed by atoms with Crippen molar-refractivity contribution in [3.05, 3.63) is 119 Å². The summed E-state index contributed by atoms with van der Waals surface area (Å²) in [5.74, 6) is 2.27. The Kier molecular flexibility index (Phi) is 6.74. The van der Waals surface area contributed by atoms with E-state index in [0.29, 0.717) is 17.4 Å². The molecule has 2 aliphatic rings. The summed E-state index contributed by atoms with van der Waals surface area (Å²) >= 11 is 0. The maximum Gasteiger partial charge on any atom is 0.149 e. The van der Waals surface area contributed by atoms with Crippen LogP contribution in [0.3, 0.4) is 0 Å². The molecule has 2 atom stereocenters. The number of nitrogens with zero attached hydrogens (tertiary/aromatic N) is 3. The van der Waals surface area contributed by atoms with Gasteiger partial charge in [0.25, 0.3) is 0 Å². The summed E-state index contributed by atoms with van der Waals surface area (Å²) in [6, 6.07) is 34.1. The van der Waals surface area contributed by atoms with E-state index in [2.05, 4.69) is 119 Å². The molecule has 6 aromatic rings. The Bertz CT molecular complexity index is 2140. The zero-order valence-electron chi connectivity index (χ0n) is 28.3. The molecule has 0 radical (unpaired) electrons. The molecule has 47 heavy (non-hydrogen) atoms. The second-order valence-corrected chi connectivity index (χ2v) is 15.7. The quantitative estimate of drug-likeness (QED) is 0.214. The number of pyridine rings is 1. The van der Waals surface area contributed by atoms with Crippen LogP contribution in [0.15, 0.2) is 97.1 Å². The van der Waals surface area contributed by atoms with Gasteiger partial charge in [-0.2, -0.15) is 0 Å². The number of phenols is 1. The van der Waals surface area contributed by atoms with Gasteiger partial charge in [0.15, 0.2) is 0 Å². The maximum atomic E-state index is 11.1. The molecular formula is C43H43N3O. The summed E-state index contributed by atoms with van der Waals surface area (Å²) in [7, 11) is 0. The molecular weight excluding hydrogens is 574 g/mol. The number of hydrogen-bond acceptors (Lipinski definition) is 3. The molecule has 1 N–H and O–H groups in total. The van der Waals surface area contributed by atoms with E-state index in [1.165, 1.54) is 41.6 Å². The Balaban J connectivity index is 1.33. The van der Waals surface area contributed by atoms with Gasteiger partial charge in [-0.15, -0.1) is 0 Å². The van der Waals surface area contributed by atoms with Crippen molar-refractivity contribution in [1.82, 2.24) is 14.5 Å². The molecule has 0 saturated heterocycles. The number of aromatic hydroxyl groups is 1. The molecule has 2 aliphatic carbocycles. The van der Waals surface area contributed by atoms with E-state index in [4.69, 9.17) is 9.97 Å². The number of imidazole rings is 1. The minimum absolute atomic E-state index is 0.0435. The van der Waals surface area contributed by atoms with Crippen LogP contribution in [0.4, 0.5) is 0 Å².